The molecule has 0 N–H and O–H groups in total. The molecule has 0 bridgehead atoms. The van der Waals surface area contributed by atoms with Gasteiger partial charge in [-0.25, -0.2) is 0 Å². The Bertz CT molecular complexity index is 623. The van der Waals surface area contributed by atoms with Crippen LogP contribution in [0.3, 0.4) is 0 Å². The minimum atomic E-state index is -3.34. The fourth-order valence-corrected chi connectivity index (χ4v) is 5.05. The van der Waals surface area contributed by atoms with E-state index in [2.05, 4.69) is 15.9 Å². The van der Waals surface area contributed by atoms with Gasteiger partial charge < -0.3 is 18.4 Å². The van der Waals surface area contributed by atoms with E-state index in [1.165, 1.54) is 0 Å². The first-order chi connectivity index (χ1) is 11.1. The average molecular weight is 419 g/mol. The summed E-state index contributed by atoms with van der Waals surface area (Å²) in [5.41, 5.74) is 0.0348. The molecule has 0 spiro atoms. The fraction of sp³-hybridized carbons (Fsp3) is 0.625. The summed E-state index contributed by atoms with van der Waals surface area (Å²) in [6, 6.07) is 5.44. The van der Waals surface area contributed by atoms with Crippen molar-refractivity contribution < 1.29 is 22.9 Å². The molecule has 2 rings (SSSR count). The van der Waals surface area contributed by atoms with Crippen molar-refractivity contribution in [2.24, 2.45) is 0 Å². The quantitative estimate of drug-likeness (QED) is 0.521. The number of benzene rings is 1. The summed E-state index contributed by atoms with van der Waals surface area (Å²) in [6.07, 6.45) is 0. The molecule has 1 saturated heterocycles. The van der Waals surface area contributed by atoms with Crippen LogP contribution in [0.2, 0.25) is 0 Å². The van der Waals surface area contributed by atoms with Crippen molar-refractivity contribution in [3.05, 3.63) is 22.7 Å². The van der Waals surface area contributed by atoms with E-state index in [9.17, 15) is 4.57 Å². The minimum Gasteiger partial charge on any atom is -0.399 e. The zero-order chi connectivity index (χ0) is 18.2. The van der Waals surface area contributed by atoms with Crippen LogP contribution >= 0.6 is 23.5 Å². The Hall–Kier alpha value is -0.165. The van der Waals surface area contributed by atoms with E-state index < -0.39 is 25.9 Å². The molecule has 134 valence electrons. The lowest BCUT2D eigenvalue weighted by atomic mass is 9.79. The van der Waals surface area contributed by atoms with Crippen LogP contribution in [-0.2, 0) is 22.9 Å². The highest BCUT2D eigenvalue weighted by molar-refractivity contribution is 9.10. The highest BCUT2D eigenvalue weighted by atomic mass is 79.9. The Kier molecular flexibility index (Phi) is 6.06. The summed E-state index contributed by atoms with van der Waals surface area (Å²) in [7, 11) is -3.81. The molecule has 0 radical (unpaired) electrons. The molecule has 1 aliphatic heterocycles. The van der Waals surface area contributed by atoms with Gasteiger partial charge in [0.2, 0.25) is 0 Å². The Morgan fingerprint density at radius 3 is 2.00 bits per heavy atom. The number of hydrogen-bond donors (Lipinski definition) is 0. The smallest absolute Gasteiger partial charge is 0.399 e. The third-order valence-electron chi connectivity index (χ3n) is 4.39. The van der Waals surface area contributed by atoms with Crippen molar-refractivity contribution in [3.8, 4) is 0 Å². The van der Waals surface area contributed by atoms with Crippen molar-refractivity contribution in [2.45, 2.75) is 52.7 Å². The van der Waals surface area contributed by atoms with E-state index in [0.29, 0.717) is 23.0 Å². The molecule has 0 amide bonds. The SMILES string of the molecule is CCOP(=O)(OCC)c1ccc(B2OC(C)(C)C(C)(C)O2)cc1Br. The molecule has 0 unspecified atom stereocenters. The standard InChI is InChI=1S/C16H25BBrO5P/c1-7-20-24(19,21-8-2)14-10-9-12(11-13(14)18)17-22-15(3,4)16(5,6)23-17/h9-11H,7-8H2,1-6H3. The highest BCUT2D eigenvalue weighted by Gasteiger charge is 2.51. The Morgan fingerprint density at radius 1 is 1.08 bits per heavy atom. The van der Waals surface area contributed by atoms with Gasteiger partial charge in [-0.2, -0.15) is 0 Å². The summed E-state index contributed by atoms with van der Waals surface area (Å²) in [6.45, 7) is 12.2. The lowest BCUT2D eigenvalue weighted by Crippen LogP contribution is -2.41. The largest absolute Gasteiger partial charge is 0.494 e. The van der Waals surface area contributed by atoms with E-state index in [4.69, 9.17) is 18.4 Å². The zero-order valence-electron chi connectivity index (χ0n) is 15.1. The van der Waals surface area contributed by atoms with E-state index >= 15 is 0 Å². The van der Waals surface area contributed by atoms with Crippen molar-refractivity contribution in [1.29, 1.82) is 0 Å². The third-order valence-corrected chi connectivity index (χ3v) is 7.53. The van der Waals surface area contributed by atoms with Gasteiger partial charge in [0.25, 0.3) is 0 Å². The van der Waals surface area contributed by atoms with Crippen LogP contribution in [0, 0.1) is 0 Å². The molecule has 24 heavy (non-hydrogen) atoms. The van der Waals surface area contributed by atoms with Crippen molar-refractivity contribution in [3.63, 3.8) is 0 Å². The predicted octanol–water partition coefficient (Wildman–Crippen LogP) is 3.64. The summed E-state index contributed by atoms with van der Waals surface area (Å²) < 4.78 is 36.5. The van der Waals surface area contributed by atoms with Crippen LogP contribution in [0.5, 0.6) is 0 Å². The molecule has 0 aromatic heterocycles. The molecular weight excluding hydrogens is 394 g/mol. The molecule has 1 heterocycles. The predicted molar refractivity (Wildman–Crippen MR) is 100 cm³/mol. The van der Waals surface area contributed by atoms with Gasteiger partial charge in [0, 0.05) is 4.47 Å². The minimum absolute atomic E-state index is 0.308. The van der Waals surface area contributed by atoms with E-state index in [0.717, 1.165) is 5.46 Å². The second kappa shape index (κ2) is 7.22. The van der Waals surface area contributed by atoms with E-state index in [-0.39, 0.29) is 0 Å². The van der Waals surface area contributed by atoms with E-state index in [1.54, 1.807) is 19.9 Å². The van der Waals surface area contributed by atoms with Crippen LogP contribution in [0.1, 0.15) is 41.5 Å². The summed E-state index contributed by atoms with van der Waals surface area (Å²) in [5, 5.41) is 0.506. The number of rotatable bonds is 6. The normalized spacial score (nSPS) is 19.7. The van der Waals surface area contributed by atoms with Crippen molar-refractivity contribution in [1.82, 2.24) is 0 Å². The molecular formula is C16H25BBrO5P. The topological polar surface area (TPSA) is 54.0 Å². The lowest BCUT2D eigenvalue weighted by molar-refractivity contribution is 0.00578. The Balaban J connectivity index is 2.32. The molecule has 8 heteroatoms. The third kappa shape index (κ3) is 3.82. The summed E-state index contributed by atoms with van der Waals surface area (Å²) in [4.78, 5) is 0. The first-order valence-corrected chi connectivity index (χ1v) is 10.4. The van der Waals surface area contributed by atoms with Gasteiger partial charge in [-0.15, -0.1) is 0 Å². The van der Waals surface area contributed by atoms with Gasteiger partial charge in [-0.3, -0.25) is 4.57 Å². The summed E-state index contributed by atoms with van der Waals surface area (Å²) in [5.74, 6) is 0. The first kappa shape index (κ1) is 20.2. The molecule has 1 aliphatic rings. The molecule has 1 aromatic rings. The van der Waals surface area contributed by atoms with Gasteiger partial charge in [0.05, 0.1) is 29.7 Å². The van der Waals surface area contributed by atoms with Gasteiger partial charge in [-0.1, -0.05) is 6.07 Å². The maximum Gasteiger partial charge on any atom is 0.494 e. The number of hydrogen-bond acceptors (Lipinski definition) is 5. The lowest BCUT2D eigenvalue weighted by Gasteiger charge is -2.32. The molecule has 1 aromatic carbocycles. The molecule has 0 atom stereocenters. The van der Waals surface area contributed by atoms with Crippen molar-refractivity contribution in [2.75, 3.05) is 13.2 Å². The number of halogens is 1. The monoisotopic (exact) mass is 418 g/mol. The Morgan fingerprint density at radius 2 is 1.58 bits per heavy atom. The van der Waals surface area contributed by atoms with Gasteiger partial charge >= 0.3 is 14.7 Å². The van der Waals surface area contributed by atoms with Crippen LogP contribution < -0.4 is 10.8 Å². The molecule has 0 aliphatic carbocycles. The van der Waals surface area contributed by atoms with Gasteiger partial charge in [-0.05, 0) is 75.1 Å². The van der Waals surface area contributed by atoms with Gasteiger partial charge in [0.1, 0.15) is 0 Å². The van der Waals surface area contributed by atoms with Gasteiger partial charge in [0.15, 0.2) is 0 Å². The fourth-order valence-electron chi connectivity index (χ4n) is 2.39. The average Bonchev–Trinajstić information content (AvgIpc) is 2.67. The maximum atomic E-state index is 12.9. The second-order valence-corrected chi connectivity index (χ2v) is 9.48. The molecule has 0 saturated carbocycles. The van der Waals surface area contributed by atoms with Crippen LogP contribution in [0.15, 0.2) is 22.7 Å². The van der Waals surface area contributed by atoms with Crippen LogP contribution in [0.25, 0.3) is 0 Å². The van der Waals surface area contributed by atoms with E-state index in [1.807, 2.05) is 39.8 Å². The van der Waals surface area contributed by atoms with Crippen molar-refractivity contribution >= 4 is 41.4 Å². The second-order valence-electron chi connectivity index (χ2n) is 6.63. The highest BCUT2D eigenvalue weighted by Crippen LogP contribution is 2.48. The maximum absolute atomic E-state index is 12.9. The van der Waals surface area contributed by atoms with Crippen LogP contribution in [0.4, 0.5) is 0 Å². The molecule has 5 nitrogen and oxygen atoms in total. The summed E-state index contributed by atoms with van der Waals surface area (Å²) >= 11 is 3.48. The first-order valence-electron chi connectivity index (χ1n) is 8.11. The Labute approximate surface area is 153 Å². The van der Waals surface area contributed by atoms with Crippen LogP contribution in [-0.4, -0.2) is 31.5 Å². The molecule has 1 fully saturated rings. The zero-order valence-corrected chi connectivity index (χ0v) is 17.6.